The Kier molecular flexibility index (Phi) is 1.89. The van der Waals surface area contributed by atoms with Crippen LogP contribution < -0.4 is 11.3 Å². The number of nitrogen functional groups attached to an aromatic ring is 1. The van der Waals surface area contributed by atoms with Crippen LogP contribution in [0.4, 0.5) is 5.69 Å². The lowest BCUT2D eigenvalue weighted by atomic mass is 10.2. The Morgan fingerprint density at radius 1 is 1.38 bits per heavy atom. The van der Waals surface area contributed by atoms with Gasteiger partial charge >= 0.3 is 0 Å². The minimum atomic E-state index is 0.553. The number of aromatic amines is 1. The Morgan fingerprint density at radius 2 is 2.31 bits per heavy atom. The van der Waals surface area contributed by atoms with E-state index in [1.807, 2.05) is 24.3 Å². The second-order valence-electron chi connectivity index (χ2n) is 2.46. The van der Waals surface area contributed by atoms with Crippen molar-refractivity contribution in [1.82, 2.24) is 20.6 Å². The molecule has 0 aliphatic heterocycles. The van der Waals surface area contributed by atoms with E-state index in [-0.39, 0.29) is 0 Å². The number of anilines is 1. The summed E-state index contributed by atoms with van der Waals surface area (Å²) in [6, 6.07) is 7.43. The van der Waals surface area contributed by atoms with Crippen LogP contribution in [-0.4, -0.2) is 20.6 Å². The lowest BCUT2D eigenvalue weighted by molar-refractivity contribution is 0.881. The van der Waals surface area contributed by atoms with Crippen LogP contribution in [0.1, 0.15) is 0 Å². The maximum absolute atomic E-state index is 5.26. The smallest absolute Gasteiger partial charge is 0.204 e. The summed E-state index contributed by atoms with van der Waals surface area (Å²) < 4.78 is 0. The molecule has 0 fully saturated rings. The molecule has 1 aromatic heterocycles. The molecular formula is C7H8N6. The average Bonchev–Trinajstić information content (AvgIpc) is 2.71. The van der Waals surface area contributed by atoms with E-state index in [1.54, 1.807) is 0 Å². The highest BCUT2D eigenvalue weighted by Crippen LogP contribution is 2.16. The molecule has 1 heterocycles. The zero-order valence-electron chi connectivity index (χ0n) is 6.73. The van der Waals surface area contributed by atoms with Gasteiger partial charge in [0.25, 0.3) is 0 Å². The van der Waals surface area contributed by atoms with Gasteiger partial charge in [0.05, 0.1) is 0 Å². The zero-order chi connectivity index (χ0) is 9.10. The number of hydrogen-bond acceptors (Lipinski definition) is 5. The van der Waals surface area contributed by atoms with Gasteiger partial charge in [0, 0.05) is 11.3 Å². The van der Waals surface area contributed by atoms with Crippen LogP contribution in [0.3, 0.4) is 0 Å². The zero-order valence-corrected chi connectivity index (χ0v) is 6.73. The molecule has 0 saturated carbocycles. The van der Waals surface area contributed by atoms with Crippen molar-refractivity contribution < 1.29 is 0 Å². The molecule has 0 spiro atoms. The average molecular weight is 176 g/mol. The summed E-state index contributed by atoms with van der Waals surface area (Å²) in [5, 5.41) is 13.5. The molecule has 6 nitrogen and oxygen atoms in total. The molecule has 6 heteroatoms. The van der Waals surface area contributed by atoms with Crippen LogP contribution in [-0.2, 0) is 0 Å². The number of hydrogen-bond donors (Lipinski definition) is 3. The fraction of sp³-hybridized carbons (Fsp3) is 0. The minimum Gasteiger partial charge on any atom is -0.324 e. The highest BCUT2D eigenvalue weighted by Gasteiger charge is 2.01. The number of benzene rings is 1. The van der Waals surface area contributed by atoms with E-state index < -0.39 is 0 Å². The minimum absolute atomic E-state index is 0.553. The lowest BCUT2D eigenvalue weighted by Crippen LogP contribution is -2.06. The van der Waals surface area contributed by atoms with Crippen LogP contribution in [0.5, 0.6) is 0 Å². The predicted octanol–water partition coefficient (Wildman–Crippen LogP) is 0.152. The van der Waals surface area contributed by atoms with Gasteiger partial charge in [-0.15, -0.1) is 10.2 Å². The van der Waals surface area contributed by atoms with E-state index in [9.17, 15) is 0 Å². The van der Waals surface area contributed by atoms with Crippen molar-refractivity contribution in [1.29, 1.82) is 0 Å². The van der Waals surface area contributed by atoms with Crippen LogP contribution >= 0.6 is 0 Å². The van der Waals surface area contributed by atoms with E-state index in [0.717, 1.165) is 11.3 Å². The first-order valence-corrected chi connectivity index (χ1v) is 3.70. The highest BCUT2D eigenvalue weighted by atomic mass is 15.5. The summed E-state index contributed by atoms with van der Waals surface area (Å²) in [7, 11) is 0. The Bertz CT molecular complexity index is 382. The fourth-order valence-corrected chi connectivity index (χ4v) is 1.03. The molecule has 0 atom stereocenters. The molecule has 0 amide bonds. The third-order valence-corrected chi connectivity index (χ3v) is 1.63. The van der Waals surface area contributed by atoms with E-state index >= 15 is 0 Å². The summed E-state index contributed by atoms with van der Waals surface area (Å²) in [5.41, 5.74) is 4.22. The van der Waals surface area contributed by atoms with Gasteiger partial charge in [0.15, 0.2) is 0 Å². The van der Waals surface area contributed by atoms with Gasteiger partial charge in [0.2, 0.25) is 5.82 Å². The van der Waals surface area contributed by atoms with Crippen molar-refractivity contribution in [2.45, 2.75) is 0 Å². The quantitative estimate of drug-likeness (QED) is 0.447. The highest BCUT2D eigenvalue weighted by molar-refractivity contribution is 5.61. The van der Waals surface area contributed by atoms with E-state index in [2.05, 4.69) is 26.0 Å². The summed E-state index contributed by atoms with van der Waals surface area (Å²) in [6.45, 7) is 0. The standard InChI is InChI=1S/C7H8N6/c8-9-6-3-1-2-5(4-6)7-10-12-13-11-7/h1-4,9H,8H2,(H,10,11,12,13). The topological polar surface area (TPSA) is 92.5 Å². The number of aromatic nitrogens is 4. The summed E-state index contributed by atoms with van der Waals surface area (Å²) in [4.78, 5) is 0. The van der Waals surface area contributed by atoms with Crippen molar-refractivity contribution in [3.63, 3.8) is 0 Å². The van der Waals surface area contributed by atoms with E-state index in [1.165, 1.54) is 0 Å². The van der Waals surface area contributed by atoms with Gasteiger partial charge < -0.3 is 5.43 Å². The van der Waals surface area contributed by atoms with Crippen molar-refractivity contribution in [3.8, 4) is 11.4 Å². The van der Waals surface area contributed by atoms with Gasteiger partial charge in [-0.1, -0.05) is 12.1 Å². The monoisotopic (exact) mass is 176 g/mol. The van der Waals surface area contributed by atoms with Gasteiger partial charge in [-0.25, -0.2) is 0 Å². The Morgan fingerprint density at radius 3 is 3.00 bits per heavy atom. The number of H-pyrrole nitrogens is 1. The number of nitrogens with one attached hydrogen (secondary N) is 2. The molecule has 0 aliphatic carbocycles. The van der Waals surface area contributed by atoms with Crippen molar-refractivity contribution in [2.75, 3.05) is 5.43 Å². The van der Waals surface area contributed by atoms with Crippen molar-refractivity contribution in [2.24, 2.45) is 5.84 Å². The summed E-state index contributed by atoms with van der Waals surface area (Å²) in [5.74, 6) is 5.81. The van der Waals surface area contributed by atoms with E-state index in [0.29, 0.717) is 5.82 Å². The molecule has 4 N–H and O–H groups in total. The maximum atomic E-state index is 5.26. The van der Waals surface area contributed by atoms with E-state index in [4.69, 9.17) is 5.84 Å². The number of nitrogens with two attached hydrogens (primary N) is 1. The van der Waals surface area contributed by atoms with Crippen LogP contribution in [0.2, 0.25) is 0 Å². The molecule has 0 aliphatic rings. The largest absolute Gasteiger partial charge is 0.324 e. The molecule has 2 aromatic rings. The molecule has 13 heavy (non-hydrogen) atoms. The third-order valence-electron chi connectivity index (χ3n) is 1.63. The molecular weight excluding hydrogens is 168 g/mol. The van der Waals surface area contributed by atoms with Crippen LogP contribution in [0, 0.1) is 0 Å². The van der Waals surface area contributed by atoms with Crippen LogP contribution in [0.25, 0.3) is 11.4 Å². The fourth-order valence-electron chi connectivity index (χ4n) is 1.03. The first kappa shape index (κ1) is 7.69. The molecule has 0 radical (unpaired) electrons. The molecule has 0 saturated heterocycles. The van der Waals surface area contributed by atoms with Gasteiger partial charge in [-0.2, -0.15) is 5.21 Å². The normalized spacial score (nSPS) is 9.92. The summed E-state index contributed by atoms with van der Waals surface area (Å²) in [6.07, 6.45) is 0. The number of nitrogens with zero attached hydrogens (tertiary/aromatic N) is 3. The third kappa shape index (κ3) is 1.47. The number of rotatable bonds is 2. The first-order chi connectivity index (χ1) is 6.40. The molecule has 0 bridgehead atoms. The first-order valence-electron chi connectivity index (χ1n) is 3.70. The van der Waals surface area contributed by atoms with Crippen molar-refractivity contribution in [3.05, 3.63) is 24.3 Å². The second kappa shape index (κ2) is 3.20. The van der Waals surface area contributed by atoms with Gasteiger partial charge in [-0.3, -0.25) is 5.84 Å². The predicted molar refractivity (Wildman–Crippen MR) is 47.4 cm³/mol. The molecule has 66 valence electrons. The number of tetrazole rings is 1. The second-order valence-corrected chi connectivity index (χ2v) is 2.46. The lowest BCUT2D eigenvalue weighted by Gasteiger charge is -1.99. The van der Waals surface area contributed by atoms with Crippen LogP contribution in [0.15, 0.2) is 24.3 Å². The van der Waals surface area contributed by atoms with Crippen molar-refractivity contribution >= 4 is 5.69 Å². The SMILES string of the molecule is NNc1cccc(-c2nn[nH]n2)c1. The maximum Gasteiger partial charge on any atom is 0.204 e. The Labute approximate surface area is 74.1 Å². The van der Waals surface area contributed by atoms with Gasteiger partial charge in [-0.05, 0) is 17.3 Å². The molecule has 2 rings (SSSR count). The van der Waals surface area contributed by atoms with Gasteiger partial charge in [0.1, 0.15) is 0 Å². The molecule has 1 aromatic carbocycles. The Balaban J connectivity index is 2.41. The molecule has 0 unspecified atom stereocenters. The summed E-state index contributed by atoms with van der Waals surface area (Å²) >= 11 is 0. The number of hydrazine groups is 1. The Hall–Kier alpha value is -1.95.